The van der Waals surface area contributed by atoms with E-state index >= 15 is 0 Å². The first-order chi connectivity index (χ1) is 12.8. The molecule has 2 aliphatic heterocycles. The van der Waals surface area contributed by atoms with Crippen molar-refractivity contribution in [2.45, 2.75) is 12.9 Å². The summed E-state index contributed by atoms with van der Waals surface area (Å²) < 4.78 is 5.23. The predicted molar refractivity (Wildman–Crippen MR) is 102 cm³/mol. The largest absolute Gasteiger partial charge is 0.497 e. The second-order valence-corrected chi connectivity index (χ2v) is 5.99. The van der Waals surface area contributed by atoms with Crippen LogP contribution in [0.5, 0.6) is 5.75 Å². The van der Waals surface area contributed by atoms with E-state index in [1.807, 2.05) is 71.8 Å². The minimum absolute atomic E-state index is 0.0405. The highest BCUT2D eigenvalue weighted by Crippen LogP contribution is 2.26. The average Bonchev–Trinajstić information content (AvgIpc) is 3.11. The number of aliphatic hydroxyl groups excluding tert-OH is 1. The normalized spacial score (nSPS) is 18.2. The van der Waals surface area contributed by atoms with E-state index in [0.29, 0.717) is 0 Å². The molecule has 0 aliphatic carbocycles. The Morgan fingerprint density at radius 2 is 1.92 bits per heavy atom. The molecule has 3 N–H and O–H groups in total. The Hall–Kier alpha value is -3.09. The van der Waals surface area contributed by atoms with Gasteiger partial charge >= 0.3 is 0 Å². The Kier molecular flexibility index (Phi) is 4.43. The lowest BCUT2D eigenvalue weighted by Gasteiger charge is -2.26. The monoisotopic (exact) mass is 348 g/mol. The molecule has 1 unspecified atom stereocenters. The van der Waals surface area contributed by atoms with Crippen molar-refractivity contribution in [3.63, 3.8) is 0 Å². The van der Waals surface area contributed by atoms with Gasteiger partial charge in [-0.1, -0.05) is 18.2 Å². The van der Waals surface area contributed by atoms with E-state index in [2.05, 4.69) is 15.7 Å². The second-order valence-electron chi connectivity index (χ2n) is 5.99. The smallest absolute Gasteiger partial charge is 0.193 e. The van der Waals surface area contributed by atoms with Gasteiger partial charge in [-0.2, -0.15) is 5.43 Å². The summed E-state index contributed by atoms with van der Waals surface area (Å²) in [7, 11) is 1.66. The number of allylic oxidation sites excluding steroid dienone is 2. The van der Waals surface area contributed by atoms with E-state index in [1.165, 1.54) is 0 Å². The zero-order chi connectivity index (χ0) is 17.9. The predicted octanol–water partition coefficient (Wildman–Crippen LogP) is 2.71. The summed E-state index contributed by atoms with van der Waals surface area (Å²) in [6.45, 7) is 0.0405. The van der Waals surface area contributed by atoms with Gasteiger partial charge in [-0.3, -0.25) is 5.01 Å². The van der Waals surface area contributed by atoms with E-state index < -0.39 is 0 Å². The van der Waals surface area contributed by atoms with Crippen LogP contribution in [0.3, 0.4) is 0 Å². The van der Waals surface area contributed by atoms with Crippen molar-refractivity contribution < 1.29 is 9.84 Å². The molecule has 2 aromatic rings. The molecule has 0 radical (unpaired) electrons. The first-order valence-corrected chi connectivity index (χ1v) is 8.40. The molecule has 0 bridgehead atoms. The standard InChI is InChI=1S/C20H20N4O2/c1-26-17-11-7-15(8-12-17)18-3-2-4-19-22-20(23-24(18)19)21-16-9-5-14(13-25)6-10-16/h2-12,20-21,23,25H,13H2,1H3. The summed E-state index contributed by atoms with van der Waals surface area (Å²) in [6.07, 6.45) is 5.74. The molecule has 0 spiro atoms. The maximum Gasteiger partial charge on any atom is 0.193 e. The first-order valence-electron chi connectivity index (χ1n) is 8.40. The Morgan fingerprint density at radius 3 is 2.62 bits per heavy atom. The maximum atomic E-state index is 9.14. The minimum atomic E-state index is -0.269. The molecule has 0 aromatic heterocycles. The van der Waals surface area contributed by atoms with Crippen molar-refractivity contribution in [2.24, 2.45) is 4.99 Å². The minimum Gasteiger partial charge on any atom is -0.497 e. The van der Waals surface area contributed by atoms with Crippen LogP contribution in [0.25, 0.3) is 5.70 Å². The zero-order valence-corrected chi connectivity index (χ0v) is 14.4. The Balaban J connectivity index is 1.50. The molecule has 6 nitrogen and oxygen atoms in total. The van der Waals surface area contributed by atoms with Gasteiger partial charge in [0.25, 0.3) is 0 Å². The van der Waals surface area contributed by atoms with E-state index in [9.17, 15) is 0 Å². The molecule has 0 fully saturated rings. The molecule has 2 aromatic carbocycles. The number of aliphatic hydroxyl groups is 1. The first kappa shape index (κ1) is 16.4. The summed E-state index contributed by atoms with van der Waals surface area (Å²) in [5, 5.41) is 14.4. The molecule has 1 atom stereocenters. The van der Waals surface area contributed by atoms with Gasteiger partial charge in [-0.05, 0) is 59.7 Å². The highest BCUT2D eigenvalue weighted by atomic mass is 16.5. The number of benzene rings is 2. The third-order valence-electron chi connectivity index (χ3n) is 4.31. The van der Waals surface area contributed by atoms with E-state index in [4.69, 9.17) is 9.84 Å². The molecule has 0 saturated carbocycles. The van der Waals surface area contributed by atoms with Crippen molar-refractivity contribution >= 4 is 17.2 Å². The van der Waals surface area contributed by atoms with Crippen LogP contribution in [0.1, 0.15) is 11.1 Å². The molecule has 26 heavy (non-hydrogen) atoms. The number of nitrogens with zero attached hydrogens (tertiary/aromatic N) is 2. The van der Waals surface area contributed by atoms with Crippen LogP contribution in [0.2, 0.25) is 0 Å². The van der Waals surface area contributed by atoms with E-state index in [0.717, 1.165) is 34.1 Å². The maximum absolute atomic E-state index is 9.14. The summed E-state index contributed by atoms with van der Waals surface area (Å²) in [4.78, 5) is 4.68. The number of aliphatic imine (C=N–C) groups is 1. The molecule has 0 saturated heterocycles. The number of hydrogen-bond donors (Lipinski definition) is 3. The molecule has 2 aliphatic rings. The van der Waals surface area contributed by atoms with E-state index in [1.54, 1.807) is 7.11 Å². The van der Waals surface area contributed by atoms with Crippen LogP contribution in [0.4, 0.5) is 5.69 Å². The fourth-order valence-corrected chi connectivity index (χ4v) is 2.93. The SMILES string of the molecule is COc1ccc(C2=CC=CC3=NC(Nc4ccc(CO)cc4)NN23)cc1. The average molecular weight is 348 g/mol. The number of rotatable bonds is 5. The quantitative estimate of drug-likeness (QED) is 0.775. The van der Waals surface area contributed by atoms with Crippen LogP contribution in [0, 0.1) is 0 Å². The third kappa shape index (κ3) is 3.20. The number of hydrazine groups is 1. The van der Waals surface area contributed by atoms with Gasteiger partial charge in [0.15, 0.2) is 6.29 Å². The fourth-order valence-electron chi connectivity index (χ4n) is 2.93. The van der Waals surface area contributed by atoms with Gasteiger partial charge in [0.1, 0.15) is 11.6 Å². The molecule has 2 heterocycles. The summed E-state index contributed by atoms with van der Waals surface area (Å²) >= 11 is 0. The topological polar surface area (TPSA) is 69.1 Å². The number of hydrogen-bond acceptors (Lipinski definition) is 6. The van der Waals surface area contributed by atoms with Crippen LogP contribution in [0.15, 0.2) is 71.8 Å². The summed E-state index contributed by atoms with van der Waals surface area (Å²) in [5.41, 5.74) is 7.27. The molecule has 4 rings (SSSR count). The Bertz CT molecular complexity index is 870. The fraction of sp³-hybridized carbons (Fsp3) is 0.150. The van der Waals surface area contributed by atoms with Crippen LogP contribution in [-0.2, 0) is 6.61 Å². The van der Waals surface area contributed by atoms with Crippen LogP contribution >= 0.6 is 0 Å². The number of fused-ring (bicyclic) bond motifs is 1. The molecular weight excluding hydrogens is 328 g/mol. The lowest BCUT2D eigenvalue weighted by molar-refractivity contribution is 0.282. The Labute approximate surface area is 152 Å². The zero-order valence-electron chi connectivity index (χ0n) is 14.4. The molecule has 0 amide bonds. The molecule has 132 valence electrons. The summed E-state index contributed by atoms with van der Waals surface area (Å²) in [6, 6.07) is 15.6. The third-order valence-corrected chi connectivity index (χ3v) is 4.31. The Morgan fingerprint density at radius 1 is 1.15 bits per heavy atom. The lowest BCUT2D eigenvalue weighted by atomic mass is 10.1. The van der Waals surface area contributed by atoms with Crippen molar-refractivity contribution in [1.29, 1.82) is 0 Å². The van der Waals surface area contributed by atoms with Crippen molar-refractivity contribution in [1.82, 2.24) is 10.4 Å². The van der Waals surface area contributed by atoms with E-state index in [-0.39, 0.29) is 12.9 Å². The number of amidine groups is 1. The highest BCUT2D eigenvalue weighted by Gasteiger charge is 2.27. The number of anilines is 1. The van der Waals surface area contributed by atoms with Crippen molar-refractivity contribution in [3.8, 4) is 5.75 Å². The van der Waals surface area contributed by atoms with Crippen LogP contribution < -0.4 is 15.5 Å². The van der Waals surface area contributed by atoms with Gasteiger partial charge in [-0.25, -0.2) is 4.99 Å². The van der Waals surface area contributed by atoms with Crippen molar-refractivity contribution in [3.05, 3.63) is 77.9 Å². The van der Waals surface area contributed by atoms with Gasteiger partial charge in [0, 0.05) is 5.69 Å². The highest BCUT2D eigenvalue weighted by molar-refractivity contribution is 6.02. The lowest BCUT2D eigenvalue weighted by Crippen LogP contribution is -2.42. The molecular formula is C20H20N4O2. The number of methoxy groups -OCH3 is 1. The van der Waals surface area contributed by atoms with Gasteiger partial charge in [0.05, 0.1) is 19.4 Å². The second kappa shape index (κ2) is 7.03. The van der Waals surface area contributed by atoms with Crippen LogP contribution in [-0.4, -0.2) is 29.4 Å². The number of nitrogens with one attached hydrogen (secondary N) is 2. The van der Waals surface area contributed by atoms with Crippen molar-refractivity contribution in [2.75, 3.05) is 12.4 Å². The number of ether oxygens (including phenoxy) is 1. The molecule has 6 heteroatoms. The van der Waals surface area contributed by atoms with Gasteiger partial charge in [0.2, 0.25) is 0 Å². The van der Waals surface area contributed by atoms with Gasteiger partial charge in [-0.15, -0.1) is 0 Å². The van der Waals surface area contributed by atoms with Gasteiger partial charge < -0.3 is 15.2 Å². The summed E-state index contributed by atoms with van der Waals surface area (Å²) in [5.74, 6) is 1.68.